The molecule has 6 rings (SSSR count). The number of aromatic nitrogens is 2. The fraction of sp³-hybridized carbons (Fsp3) is 0.583. The molecule has 4 aliphatic rings. The highest BCUT2D eigenvalue weighted by Crippen LogP contribution is 2.39. The van der Waals surface area contributed by atoms with Crippen molar-refractivity contribution < 1.29 is 9.47 Å². The van der Waals surface area contributed by atoms with Gasteiger partial charge in [0, 0.05) is 25.7 Å². The van der Waals surface area contributed by atoms with E-state index in [1.54, 1.807) is 6.33 Å². The van der Waals surface area contributed by atoms with Gasteiger partial charge in [-0.15, -0.1) is 0 Å². The third-order valence-electron chi connectivity index (χ3n) is 7.41. The minimum Gasteiger partial charge on any atom is -0.486 e. The summed E-state index contributed by atoms with van der Waals surface area (Å²) in [4.78, 5) is 14.1. The molecule has 0 aliphatic carbocycles. The first-order chi connectivity index (χ1) is 15.8. The van der Waals surface area contributed by atoms with E-state index < -0.39 is 0 Å². The fourth-order valence-electron chi connectivity index (χ4n) is 5.54. The number of piperidine rings is 1. The Labute approximate surface area is 189 Å². The van der Waals surface area contributed by atoms with Crippen molar-refractivity contribution in [2.45, 2.75) is 37.8 Å². The van der Waals surface area contributed by atoms with Gasteiger partial charge < -0.3 is 25.0 Å². The summed E-state index contributed by atoms with van der Waals surface area (Å²) in [6.45, 7) is 8.31. The normalized spacial score (nSPS) is 24.2. The van der Waals surface area contributed by atoms with E-state index in [1.165, 1.54) is 44.5 Å². The van der Waals surface area contributed by atoms with Crippen LogP contribution in [-0.4, -0.2) is 73.4 Å². The van der Waals surface area contributed by atoms with Crippen LogP contribution in [0.4, 0.5) is 17.3 Å². The van der Waals surface area contributed by atoms with Crippen LogP contribution in [-0.2, 0) is 11.3 Å². The molecule has 3 fully saturated rings. The Kier molecular flexibility index (Phi) is 5.58. The number of ether oxygens (including phenoxy) is 2. The largest absolute Gasteiger partial charge is 0.486 e. The molecule has 8 heteroatoms. The van der Waals surface area contributed by atoms with Crippen molar-refractivity contribution >= 4 is 17.3 Å². The zero-order chi connectivity index (χ0) is 21.3. The SMILES string of the molecule is c1nc2c(c(N3CCOCC3)n1)COc1ccc(C3CCN([C@H]4CCNC4)CC3)cc1N2. The van der Waals surface area contributed by atoms with Crippen molar-refractivity contribution in [3.63, 3.8) is 0 Å². The summed E-state index contributed by atoms with van der Waals surface area (Å²) < 4.78 is 11.7. The maximum atomic E-state index is 6.22. The molecule has 0 amide bonds. The first-order valence-corrected chi connectivity index (χ1v) is 12.0. The quantitative estimate of drug-likeness (QED) is 0.760. The van der Waals surface area contributed by atoms with E-state index in [4.69, 9.17) is 9.47 Å². The van der Waals surface area contributed by atoms with E-state index in [-0.39, 0.29) is 0 Å². The van der Waals surface area contributed by atoms with E-state index in [1.807, 2.05) is 0 Å². The molecule has 4 aliphatic heterocycles. The molecule has 0 unspecified atom stereocenters. The highest BCUT2D eigenvalue weighted by Gasteiger charge is 2.29. The summed E-state index contributed by atoms with van der Waals surface area (Å²) in [6.07, 6.45) is 5.38. The standard InChI is InChI=1S/C24H32N6O2/c1-2-22-21(13-18(1)17-4-7-29(8-5-17)19-3-6-25-14-19)28-23-20(15-32-22)24(27-16-26-23)30-9-11-31-12-10-30/h1-2,13,16-17,19,25H,3-12,14-15H2,(H,26,27,28)/t19-/m0/s1. The van der Waals surface area contributed by atoms with Gasteiger partial charge in [-0.05, 0) is 62.5 Å². The summed E-state index contributed by atoms with van der Waals surface area (Å²) >= 11 is 0. The second-order valence-electron chi connectivity index (χ2n) is 9.25. The maximum Gasteiger partial charge on any atom is 0.143 e. The molecule has 0 radical (unpaired) electrons. The number of benzene rings is 1. The first kappa shape index (κ1) is 20.2. The number of nitrogens with one attached hydrogen (secondary N) is 2. The molecule has 3 saturated heterocycles. The van der Waals surface area contributed by atoms with Gasteiger partial charge in [-0.3, -0.25) is 4.90 Å². The smallest absolute Gasteiger partial charge is 0.143 e. The third kappa shape index (κ3) is 3.91. The lowest BCUT2D eigenvalue weighted by Gasteiger charge is -2.36. The Balaban J connectivity index is 1.20. The van der Waals surface area contributed by atoms with E-state index >= 15 is 0 Å². The van der Waals surface area contributed by atoms with Crippen LogP contribution in [0.3, 0.4) is 0 Å². The predicted molar refractivity (Wildman–Crippen MR) is 124 cm³/mol. The number of hydrogen-bond donors (Lipinski definition) is 2. The van der Waals surface area contributed by atoms with Gasteiger partial charge >= 0.3 is 0 Å². The molecule has 1 aromatic carbocycles. The molecular formula is C24H32N6O2. The molecule has 170 valence electrons. The van der Waals surface area contributed by atoms with Crippen molar-refractivity contribution in [2.75, 3.05) is 62.7 Å². The number of morpholine rings is 1. The number of rotatable bonds is 3. The van der Waals surface area contributed by atoms with Crippen LogP contribution in [0, 0.1) is 0 Å². The fourth-order valence-corrected chi connectivity index (χ4v) is 5.54. The molecule has 32 heavy (non-hydrogen) atoms. The highest BCUT2D eigenvalue weighted by molar-refractivity contribution is 5.71. The van der Waals surface area contributed by atoms with Gasteiger partial charge in [0.15, 0.2) is 0 Å². The summed E-state index contributed by atoms with van der Waals surface area (Å²) in [5.74, 6) is 3.28. The highest BCUT2D eigenvalue weighted by atomic mass is 16.5. The molecule has 2 N–H and O–H groups in total. The lowest BCUT2D eigenvalue weighted by atomic mass is 9.88. The van der Waals surface area contributed by atoms with E-state index in [0.29, 0.717) is 12.5 Å². The van der Waals surface area contributed by atoms with Crippen molar-refractivity contribution in [2.24, 2.45) is 0 Å². The van der Waals surface area contributed by atoms with Gasteiger partial charge in [0.1, 0.15) is 30.3 Å². The van der Waals surface area contributed by atoms with Crippen molar-refractivity contribution in [3.8, 4) is 5.75 Å². The van der Waals surface area contributed by atoms with Crippen LogP contribution in [0.15, 0.2) is 24.5 Å². The Morgan fingerprint density at radius 2 is 1.88 bits per heavy atom. The van der Waals surface area contributed by atoms with E-state index in [0.717, 1.165) is 67.5 Å². The predicted octanol–water partition coefficient (Wildman–Crippen LogP) is 2.49. The molecule has 8 nitrogen and oxygen atoms in total. The molecular weight excluding hydrogens is 404 g/mol. The average Bonchev–Trinajstić information content (AvgIpc) is 3.32. The Hall–Kier alpha value is -2.42. The molecule has 0 saturated carbocycles. The third-order valence-corrected chi connectivity index (χ3v) is 7.41. The van der Waals surface area contributed by atoms with Crippen molar-refractivity contribution in [1.82, 2.24) is 20.2 Å². The summed E-state index contributed by atoms with van der Waals surface area (Å²) in [6, 6.07) is 7.38. The van der Waals surface area contributed by atoms with Crippen LogP contribution in [0.25, 0.3) is 0 Å². The summed E-state index contributed by atoms with van der Waals surface area (Å²) in [5.41, 5.74) is 3.43. The molecule has 5 heterocycles. The Morgan fingerprint density at radius 1 is 1.00 bits per heavy atom. The Bertz CT molecular complexity index is 950. The monoisotopic (exact) mass is 436 g/mol. The average molecular weight is 437 g/mol. The molecule has 0 spiro atoms. The first-order valence-electron chi connectivity index (χ1n) is 12.0. The van der Waals surface area contributed by atoms with Crippen LogP contribution in [0.5, 0.6) is 5.75 Å². The molecule has 2 aromatic rings. The van der Waals surface area contributed by atoms with Crippen LogP contribution < -0.4 is 20.3 Å². The maximum absolute atomic E-state index is 6.22. The number of hydrogen-bond acceptors (Lipinski definition) is 8. The van der Waals surface area contributed by atoms with Gasteiger partial charge in [-0.2, -0.15) is 0 Å². The topological polar surface area (TPSA) is 74.8 Å². The lowest BCUT2D eigenvalue weighted by molar-refractivity contribution is 0.122. The van der Waals surface area contributed by atoms with Gasteiger partial charge in [0.25, 0.3) is 0 Å². The van der Waals surface area contributed by atoms with Crippen molar-refractivity contribution in [3.05, 3.63) is 35.7 Å². The van der Waals surface area contributed by atoms with Crippen molar-refractivity contribution in [1.29, 1.82) is 0 Å². The zero-order valence-electron chi connectivity index (χ0n) is 18.6. The number of nitrogens with zero attached hydrogens (tertiary/aromatic N) is 4. The van der Waals surface area contributed by atoms with Gasteiger partial charge in [0.2, 0.25) is 0 Å². The minimum absolute atomic E-state index is 0.468. The zero-order valence-corrected chi connectivity index (χ0v) is 18.6. The van der Waals surface area contributed by atoms with E-state index in [2.05, 4.69) is 48.6 Å². The van der Waals surface area contributed by atoms with Crippen LogP contribution in [0.1, 0.15) is 36.3 Å². The Morgan fingerprint density at radius 3 is 2.69 bits per heavy atom. The lowest BCUT2D eigenvalue weighted by Crippen LogP contribution is -2.42. The summed E-state index contributed by atoms with van der Waals surface area (Å²) in [7, 11) is 0. The van der Waals surface area contributed by atoms with Crippen LogP contribution in [0.2, 0.25) is 0 Å². The van der Waals surface area contributed by atoms with Gasteiger partial charge in [0.05, 0.1) is 24.5 Å². The second-order valence-corrected chi connectivity index (χ2v) is 9.25. The van der Waals surface area contributed by atoms with E-state index in [9.17, 15) is 0 Å². The van der Waals surface area contributed by atoms with Gasteiger partial charge in [-0.1, -0.05) is 6.07 Å². The van der Waals surface area contributed by atoms with Crippen LogP contribution >= 0.6 is 0 Å². The summed E-state index contributed by atoms with van der Waals surface area (Å²) in [5, 5.41) is 7.06. The second kappa shape index (κ2) is 8.84. The number of likely N-dealkylation sites (tertiary alicyclic amines) is 1. The number of anilines is 3. The molecule has 1 atom stereocenters. The molecule has 0 bridgehead atoms. The van der Waals surface area contributed by atoms with Gasteiger partial charge in [-0.25, -0.2) is 9.97 Å². The molecule has 1 aromatic heterocycles. The minimum atomic E-state index is 0.468. The number of fused-ring (bicyclic) bond motifs is 2.